The van der Waals surface area contributed by atoms with Crippen LogP contribution in [0.2, 0.25) is 10.0 Å². The average Bonchev–Trinajstić information content (AvgIpc) is 3.24. The topological polar surface area (TPSA) is 64.4 Å². The lowest BCUT2D eigenvalue weighted by molar-refractivity contribution is -0.127. The van der Waals surface area contributed by atoms with Crippen LogP contribution in [0.3, 0.4) is 0 Å². The largest absolute Gasteiger partial charge is 0.479 e. The molecule has 0 bridgehead atoms. The van der Waals surface area contributed by atoms with Crippen LogP contribution < -0.4 is 10.1 Å². The van der Waals surface area contributed by atoms with Crippen molar-refractivity contribution in [2.24, 2.45) is 0 Å². The van der Waals surface area contributed by atoms with Gasteiger partial charge >= 0.3 is 0 Å². The number of nitrogens with one attached hydrogen (secondary N) is 1. The van der Waals surface area contributed by atoms with Crippen LogP contribution in [-0.2, 0) is 11.3 Å². The van der Waals surface area contributed by atoms with E-state index in [1.165, 1.54) is 0 Å². The Hall–Kier alpha value is -2.02. The van der Waals surface area contributed by atoms with Gasteiger partial charge in [0.1, 0.15) is 17.2 Å². The van der Waals surface area contributed by atoms with Crippen LogP contribution in [0.15, 0.2) is 40.1 Å². The molecule has 1 aromatic carbocycles. The van der Waals surface area contributed by atoms with Crippen LogP contribution in [0.5, 0.6) is 5.75 Å². The molecule has 2 heterocycles. The molecule has 0 spiro atoms. The van der Waals surface area contributed by atoms with Crippen LogP contribution in [-0.4, -0.2) is 17.0 Å². The lowest BCUT2D eigenvalue weighted by Gasteiger charge is -2.15. The molecule has 1 amide bonds. The molecular weight excluding hydrogens is 395 g/mol. The molecule has 26 heavy (non-hydrogen) atoms. The Labute approximate surface area is 164 Å². The van der Waals surface area contributed by atoms with E-state index < -0.39 is 6.10 Å². The number of carbonyl (C=O) groups is 1. The molecule has 0 fully saturated rings. The molecule has 0 saturated carbocycles. The van der Waals surface area contributed by atoms with Crippen molar-refractivity contribution in [1.82, 2.24) is 10.3 Å². The fourth-order valence-electron chi connectivity index (χ4n) is 2.22. The highest BCUT2D eigenvalue weighted by Crippen LogP contribution is 2.28. The van der Waals surface area contributed by atoms with Crippen LogP contribution in [0.25, 0.3) is 11.5 Å². The van der Waals surface area contributed by atoms with Crippen LogP contribution >= 0.6 is 34.5 Å². The molecule has 5 nitrogen and oxygen atoms in total. The maximum Gasteiger partial charge on any atom is 0.261 e. The summed E-state index contributed by atoms with van der Waals surface area (Å²) in [6.07, 6.45) is -0.718. The molecule has 1 unspecified atom stereocenters. The quantitative estimate of drug-likeness (QED) is 0.613. The van der Waals surface area contributed by atoms with E-state index in [9.17, 15) is 4.79 Å². The Morgan fingerprint density at radius 2 is 2.15 bits per heavy atom. The zero-order valence-electron chi connectivity index (χ0n) is 14.1. The van der Waals surface area contributed by atoms with Crippen molar-refractivity contribution in [3.63, 3.8) is 0 Å². The number of benzene rings is 1. The number of carbonyl (C=O) groups excluding carboxylic acids is 1. The summed E-state index contributed by atoms with van der Waals surface area (Å²) in [7, 11) is 0. The Kier molecular flexibility index (Phi) is 5.86. The monoisotopic (exact) mass is 410 g/mol. The van der Waals surface area contributed by atoms with Crippen LogP contribution in [0.1, 0.15) is 17.7 Å². The number of thiazole rings is 1. The Balaban J connectivity index is 1.55. The third-order valence-electron chi connectivity index (χ3n) is 3.54. The second kappa shape index (κ2) is 8.12. The third kappa shape index (κ3) is 4.58. The number of aryl methyl sites for hydroxylation is 1. The minimum atomic E-state index is -0.718. The fraction of sp³-hybridized carbons (Fsp3) is 0.222. The van der Waals surface area contributed by atoms with Gasteiger partial charge in [-0.3, -0.25) is 4.79 Å². The fourth-order valence-corrected chi connectivity index (χ4v) is 3.28. The van der Waals surface area contributed by atoms with Gasteiger partial charge in [0.15, 0.2) is 11.9 Å². The highest BCUT2D eigenvalue weighted by atomic mass is 35.5. The molecule has 2 aromatic heterocycles. The first kappa shape index (κ1) is 18.8. The zero-order chi connectivity index (χ0) is 18.7. The van der Waals surface area contributed by atoms with Gasteiger partial charge in [0.2, 0.25) is 0 Å². The van der Waals surface area contributed by atoms with Crippen molar-refractivity contribution in [1.29, 1.82) is 0 Å². The van der Waals surface area contributed by atoms with Crippen LogP contribution in [0, 0.1) is 6.92 Å². The minimum Gasteiger partial charge on any atom is -0.479 e. The van der Waals surface area contributed by atoms with Crippen molar-refractivity contribution < 1.29 is 13.9 Å². The van der Waals surface area contributed by atoms with Gasteiger partial charge in [-0.1, -0.05) is 23.2 Å². The Bertz CT molecular complexity index is 923. The highest BCUT2D eigenvalue weighted by molar-refractivity contribution is 7.09. The van der Waals surface area contributed by atoms with Gasteiger partial charge in [-0.15, -0.1) is 11.3 Å². The number of hydrogen-bond acceptors (Lipinski definition) is 5. The maximum atomic E-state index is 12.2. The third-order valence-corrected chi connectivity index (χ3v) is 4.84. The summed E-state index contributed by atoms with van der Waals surface area (Å²) in [6.45, 7) is 3.84. The molecule has 1 atom stereocenters. The molecule has 3 rings (SSSR count). The van der Waals surface area contributed by atoms with Gasteiger partial charge in [0.05, 0.1) is 16.6 Å². The Morgan fingerprint density at radius 1 is 1.35 bits per heavy atom. The lowest BCUT2D eigenvalue weighted by Crippen LogP contribution is -2.35. The van der Waals surface area contributed by atoms with Gasteiger partial charge in [0.25, 0.3) is 5.91 Å². The van der Waals surface area contributed by atoms with E-state index in [2.05, 4.69) is 10.3 Å². The molecule has 0 aliphatic heterocycles. The molecule has 8 heteroatoms. The van der Waals surface area contributed by atoms with Crippen molar-refractivity contribution >= 4 is 40.4 Å². The molecule has 136 valence electrons. The van der Waals surface area contributed by atoms with Crippen molar-refractivity contribution in [2.45, 2.75) is 26.5 Å². The molecule has 0 radical (unpaired) electrons. The van der Waals surface area contributed by atoms with Gasteiger partial charge < -0.3 is 14.5 Å². The lowest BCUT2D eigenvalue weighted by atomic mass is 10.3. The molecule has 3 aromatic rings. The van der Waals surface area contributed by atoms with Gasteiger partial charge in [-0.2, -0.15) is 0 Å². The summed E-state index contributed by atoms with van der Waals surface area (Å²) in [5.74, 6) is 1.43. The standard InChI is InChI=1S/C18H16Cl2N2O3S/c1-10(24-16-5-3-12(19)7-14(16)20)18(23)21-8-13-4-6-17(25-13)15-9-26-11(2)22-15/h3-7,9-10H,8H2,1-2H3,(H,21,23). The van der Waals surface area contributed by atoms with E-state index in [1.807, 2.05) is 24.4 Å². The predicted octanol–water partition coefficient (Wildman–Crippen LogP) is 5.10. The van der Waals surface area contributed by atoms with Crippen LogP contribution in [0.4, 0.5) is 0 Å². The highest BCUT2D eigenvalue weighted by Gasteiger charge is 2.17. The summed E-state index contributed by atoms with van der Waals surface area (Å²) in [5.41, 5.74) is 0.791. The number of halogens is 2. The van der Waals surface area contributed by atoms with Crippen molar-refractivity contribution in [3.8, 4) is 17.2 Å². The summed E-state index contributed by atoms with van der Waals surface area (Å²) in [4.78, 5) is 16.6. The SMILES string of the molecule is Cc1nc(-c2ccc(CNC(=O)C(C)Oc3ccc(Cl)cc3Cl)o2)cs1. The van der Waals surface area contributed by atoms with Crippen molar-refractivity contribution in [2.75, 3.05) is 0 Å². The second-order valence-electron chi connectivity index (χ2n) is 5.57. The molecule has 0 aliphatic rings. The summed E-state index contributed by atoms with van der Waals surface area (Å²) >= 11 is 13.5. The van der Waals surface area contributed by atoms with E-state index in [0.29, 0.717) is 27.3 Å². The number of nitrogens with zero attached hydrogens (tertiary/aromatic N) is 1. The summed E-state index contributed by atoms with van der Waals surface area (Å²) in [5, 5.41) is 6.53. The number of hydrogen-bond donors (Lipinski definition) is 1. The number of furan rings is 1. The number of rotatable bonds is 6. The zero-order valence-corrected chi connectivity index (χ0v) is 16.4. The normalized spacial score (nSPS) is 12.0. The Morgan fingerprint density at radius 3 is 2.85 bits per heavy atom. The molecule has 0 aliphatic carbocycles. The van der Waals surface area contributed by atoms with E-state index >= 15 is 0 Å². The summed E-state index contributed by atoms with van der Waals surface area (Å²) < 4.78 is 11.3. The maximum absolute atomic E-state index is 12.2. The molecule has 1 N–H and O–H groups in total. The first-order valence-electron chi connectivity index (χ1n) is 7.83. The average molecular weight is 411 g/mol. The molecular formula is C18H16Cl2N2O3S. The minimum absolute atomic E-state index is 0.254. The van der Waals surface area contributed by atoms with Crippen molar-refractivity contribution in [3.05, 3.63) is 56.5 Å². The van der Waals surface area contributed by atoms with E-state index in [4.69, 9.17) is 32.4 Å². The van der Waals surface area contributed by atoms with Gasteiger partial charge in [-0.05, 0) is 44.2 Å². The first-order valence-corrected chi connectivity index (χ1v) is 9.46. The first-order chi connectivity index (χ1) is 12.4. The number of amides is 1. The smallest absolute Gasteiger partial charge is 0.261 e. The predicted molar refractivity (Wildman–Crippen MR) is 103 cm³/mol. The molecule has 0 saturated heterocycles. The van der Waals surface area contributed by atoms with Gasteiger partial charge in [-0.25, -0.2) is 4.98 Å². The number of ether oxygens (including phenoxy) is 1. The second-order valence-corrected chi connectivity index (χ2v) is 7.48. The summed E-state index contributed by atoms with van der Waals surface area (Å²) in [6, 6.07) is 8.49. The van der Waals surface area contributed by atoms with E-state index in [-0.39, 0.29) is 12.5 Å². The van der Waals surface area contributed by atoms with E-state index in [1.54, 1.807) is 36.5 Å². The van der Waals surface area contributed by atoms with E-state index in [0.717, 1.165) is 10.7 Å². The number of aromatic nitrogens is 1. The van der Waals surface area contributed by atoms with Gasteiger partial charge in [0, 0.05) is 10.4 Å².